The molecule has 2 aromatic rings. The maximum Gasteiger partial charge on any atom is 0.264 e. The molecule has 0 saturated carbocycles. The van der Waals surface area contributed by atoms with Crippen LogP contribution in [0.5, 0.6) is 0 Å². The highest BCUT2D eigenvalue weighted by Crippen LogP contribution is 2.24. The summed E-state index contributed by atoms with van der Waals surface area (Å²) in [6, 6.07) is 14.2. The van der Waals surface area contributed by atoms with E-state index in [1.54, 1.807) is 24.3 Å². The highest BCUT2D eigenvalue weighted by Gasteiger charge is 2.23. The number of aryl methyl sites for hydroxylation is 1. The Morgan fingerprint density at radius 3 is 2.05 bits per heavy atom. The lowest BCUT2D eigenvalue weighted by atomic mass is 10.2. The molecule has 2 aromatic carbocycles. The van der Waals surface area contributed by atoms with Crippen LogP contribution in [0.4, 0.5) is 5.69 Å². The Hall–Kier alpha value is -1.85. The van der Waals surface area contributed by atoms with Gasteiger partial charge in [0.2, 0.25) is 0 Å². The van der Waals surface area contributed by atoms with E-state index >= 15 is 0 Å². The average Bonchev–Trinajstić information content (AvgIpc) is 2.50. The minimum Gasteiger partial charge on any atom is -0.326 e. The highest BCUT2D eigenvalue weighted by atomic mass is 32.2. The number of benzene rings is 2. The van der Waals surface area contributed by atoms with Gasteiger partial charge in [0.15, 0.2) is 0 Å². The summed E-state index contributed by atoms with van der Waals surface area (Å²) in [5.41, 5.74) is 8.22. The lowest BCUT2D eigenvalue weighted by Gasteiger charge is -2.23. The van der Waals surface area contributed by atoms with Crippen LogP contribution in [0.3, 0.4) is 0 Å². The van der Waals surface area contributed by atoms with Crippen molar-refractivity contribution < 1.29 is 8.42 Å². The Kier molecular flexibility index (Phi) is 4.65. The summed E-state index contributed by atoms with van der Waals surface area (Å²) < 4.78 is 26.9. The van der Waals surface area contributed by atoms with E-state index < -0.39 is 10.0 Å². The van der Waals surface area contributed by atoms with Gasteiger partial charge < -0.3 is 5.73 Å². The monoisotopic (exact) mass is 304 g/mol. The zero-order chi connectivity index (χ0) is 15.5. The Morgan fingerprint density at radius 1 is 1.00 bits per heavy atom. The van der Waals surface area contributed by atoms with Crippen molar-refractivity contribution in [3.63, 3.8) is 0 Å². The van der Waals surface area contributed by atoms with E-state index in [1.807, 2.05) is 38.1 Å². The molecular formula is C16H20N2O2S. The number of rotatable bonds is 5. The minimum atomic E-state index is -3.55. The van der Waals surface area contributed by atoms with Gasteiger partial charge in [-0.1, -0.05) is 29.8 Å². The van der Waals surface area contributed by atoms with Crippen LogP contribution < -0.4 is 10.0 Å². The fourth-order valence-corrected chi connectivity index (χ4v) is 3.60. The first kappa shape index (κ1) is 15.5. The number of anilines is 1. The first-order chi connectivity index (χ1) is 9.98. The molecule has 5 heteroatoms. The third kappa shape index (κ3) is 3.25. The smallest absolute Gasteiger partial charge is 0.264 e. The van der Waals surface area contributed by atoms with Crippen LogP contribution in [-0.2, 0) is 16.6 Å². The van der Waals surface area contributed by atoms with Crippen molar-refractivity contribution in [2.75, 3.05) is 10.8 Å². The van der Waals surface area contributed by atoms with E-state index in [-0.39, 0.29) is 4.90 Å². The van der Waals surface area contributed by atoms with Gasteiger partial charge in [0.25, 0.3) is 10.0 Å². The lowest BCUT2D eigenvalue weighted by molar-refractivity contribution is 0.592. The summed E-state index contributed by atoms with van der Waals surface area (Å²) in [4.78, 5) is 0.280. The molecule has 0 heterocycles. The molecule has 0 radical (unpaired) electrons. The van der Waals surface area contributed by atoms with Crippen LogP contribution in [0.25, 0.3) is 0 Å². The number of nitrogens with zero attached hydrogens (tertiary/aromatic N) is 1. The molecule has 0 saturated heterocycles. The van der Waals surface area contributed by atoms with Gasteiger partial charge in [-0.05, 0) is 43.7 Å². The van der Waals surface area contributed by atoms with Crippen molar-refractivity contribution in [1.29, 1.82) is 0 Å². The predicted molar refractivity (Wildman–Crippen MR) is 85.7 cm³/mol. The SMILES string of the molecule is CCN(c1ccc(C)cc1)S(=O)(=O)c1ccc(CN)cc1. The molecule has 0 amide bonds. The zero-order valence-corrected chi connectivity index (χ0v) is 13.1. The number of hydrogen-bond donors (Lipinski definition) is 1. The van der Waals surface area contributed by atoms with E-state index in [2.05, 4.69) is 0 Å². The van der Waals surface area contributed by atoms with Crippen LogP contribution >= 0.6 is 0 Å². The molecule has 112 valence electrons. The average molecular weight is 304 g/mol. The van der Waals surface area contributed by atoms with Crippen LogP contribution in [0.2, 0.25) is 0 Å². The molecule has 4 nitrogen and oxygen atoms in total. The molecule has 0 atom stereocenters. The van der Waals surface area contributed by atoms with Crippen molar-refractivity contribution in [3.05, 3.63) is 59.7 Å². The number of nitrogens with two attached hydrogens (primary N) is 1. The first-order valence-electron chi connectivity index (χ1n) is 6.87. The fourth-order valence-electron chi connectivity index (χ4n) is 2.13. The standard InChI is InChI=1S/C16H20N2O2S/c1-3-18(15-8-4-13(2)5-9-15)21(19,20)16-10-6-14(12-17)7-11-16/h4-11H,3,12,17H2,1-2H3. The molecular weight excluding hydrogens is 284 g/mol. The Balaban J connectivity index is 2.41. The number of hydrogen-bond acceptors (Lipinski definition) is 3. The Morgan fingerprint density at radius 2 is 1.57 bits per heavy atom. The van der Waals surface area contributed by atoms with Crippen LogP contribution in [0, 0.1) is 6.92 Å². The van der Waals surface area contributed by atoms with Crippen molar-refractivity contribution in [3.8, 4) is 0 Å². The van der Waals surface area contributed by atoms with Gasteiger partial charge in [-0.15, -0.1) is 0 Å². The van der Waals surface area contributed by atoms with Gasteiger partial charge in [0, 0.05) is 13.1 Å². The molecule has 2 rings (SSSR count). The van der Waals surface area contributed by atoms with Crippen LogP contribution in [0.15, 0.2) is 53.4 Å². The summed E-state index contributed by atoms with van der Waals surface area (Å²) in [6.07, 6.45) is 0. The fraction of sp³-hybridized carbons (Fsp3) is 0.250. The lowest BCUT2D eigenvalue weighted by Crippen LogP contribution is -2.30. The van der Waals surface area contributed by atoms with Gasteiger partial charge in [-0.25, -0.2) is 8.42 Å². The van der Waals surface area contributed by atoms with Crippen molar-refractivity contribution >= 4 is 15.7 Å². The van der Waals surface area contributed by atoms with Crippen molar-refractivity contribution in [2.24, 2.45) is 5.73 Å². The summed E-state index contributed by atoms with van der Waals surface area (Å²) in [6.45, 7) is 4.57. The van der Waals surface area contributed by atoms with Crippen molar-refractivity contribution in [2.45, 2.75) is 25.3 Å². The van der Waals surface area contributed by atoms with Gasteiger partial charge in [-0.3, -0.25) is 4.31 Å². The Bertz CT molecular complexity index is 692. The maximum absolute atomic E-state index is 12.7. The molecule has 0 fully saturated rings. The first-order valence-corrected chi connectivity index (χ1v) is 8.31. The molecule has 0 aliphatic rings. The molecule has 0 aromatic heterocycles. The molecule has 0 aliphatic heterocycles. The molecule has 0 aliphatic carbocycles. The molecule has 2 N–H and O–H groups in total. The van der Waals surface area contributed by atoms with E-state index in [0.29, 0.717) is 18.8 Å². The van der Waals surface area contributed by atoms with Gasteiger partial charge in [0.1, 0.15) is 0 Å². The second kappa shape index (κ2) is 6.28. The normalized spacial score (nSPS) is 11.4. The van der Waals surface area contributed by atoms with E-state index in [1.165, 1.54) is 4.31 Å². The third-order valence-electron chi connectivity index (χ3n) is 3.36. The van der Waals surface area contributed by atoms with Gasteiger partial charge >= 0.3 is 0 Å². The summed E-state index contributed by atoms with van der Waals surface area (Å²) >= 11 is 0. The third-order valence-corrected chi connectivity index (χ3v) is 5.27. The second-order valence-electron chi connectivity index (χ2n) is 4.85. The zero-order valence-electron chi connectivity index (χ0n) is 12.3. The molecule has 0 spiro atoms. The van der Waals surface area contributed by atoms with Gasteiger partial charge in [-0.2, -0.15) is 0 Å². The van der Waals surface area contributed by atoms with Crippen molar-refractivity contribution in [1.82, 2.24) is 0 Å². The second-order valence-corrected chi connectivity index (χ2v) is 6.72. The summed E-state index contributed by atoms with van der Waals surface area (Å²) in [7, 11) is -3.55. The maximum atomic E-state index is 12.7. The summed E-state index contributed by atoms with van der Waals surface area (Å²) in [5, 5.41) is 0. The van der Waals surface area contributed by atoms with Crippen LogP contribution in [0.1, 0.15) is 18.1 Å². The quantitative estimate of drug-likeness (QED) is 0.923. The molecule has 0 bridgehead atoms. The van der Waals surface area contributed by atoms with Gasteiger partial charge in [0.05, 0.1) is 10.6 Å². The van der Waals surface area contributed by atoms with E-state index in [0.717, 1.165) is 11.1 Å². The minimum absolute atomic E-state index is 0.280. The summed E-state index contributed by atoms with van der Waals surface area (Å²) in [5.74, 6) is 0. The van der Waals surface area contributed by atoms with E-state index in [9.17, 15) is 8.42 Å². The topological polar surface area (TPSA) is 63.4 Å². The Labute approximate surface area is 126 Å². The predicted octanol–water partition coefficient (Wildman–Crippen LogP) is 2.67. The van der Waals surface area contributed by atoms with Crippen LogP contribution in [-0.4, -0.2) is 15.0 Å². The molecule has 21 heavy (non-hydrogen) atoms. The molecule has 0 unspecified atom stereocenters. The van der Waals surface area contributed by atoms with E-state index in [4.69, 9.17) is 5.73 Å². The number of sulfonamides is 1. The largest absolute Gasteiger partial charge is 0.326 e. The highest BCUT2D eigenvalue weighted by molar-refractivity contribution is 7.92.